The molecule has 17 heavy (non-hydrogen) atoms. The van der Waals surface area contributed by atoms with Gasteiger partial charge in [-0.25, -0.2) is 0 Å². The van der Waals surface area contributed by atoms with Gasteiger partial charge in [-0.3, -0.25) is 4.79 Å². The molecule has 1 rings (SSSR count). The number of rotatable bonds is 5. The maximum absolute atomic E-state index is 11.9. The fraction of sp³-hybridized carbons (Fsp3) is 0.400. The Hall–Kier alpha value is -1.57. The van der Waals surface area contributed by atoms with E-state index in [0.29, 0.717) is 6.54 Å². The van der Waals surface area contributed by atoms with Gasteiger partial charge in [-0.05, 0) is 38.7 Å². The van der Waals surface area contributed by atoms with Crippen LogP contribution < -0.4 is 5.32 Å². The number of amides is 1. The lowest BCUT2D eigenvalue weighted by Crippen LogP contribution is -2.26. The van der Waals surface area contributed by atoms with Crippen LogP contribution >= 0.6 is 0 Å². The second kappa shape index (κ2) is 6.89. The monoisotopic (exact) mass is 231 g/mol. The van der Waals surface area contributed by atoms with E-state index in [4.69, 9.17) is 0 Å². The Kier molecular flexibility index (Phi) is 5.47. The molecule has 0 aliphatic heterocycles. The zero-order chi connectivity index (χ0) is 12.7. The van der Waals surface area contributed by atoms with Crippen molar-refractivity contribution in [1.29, 1.82) is 0 Å². The summed E-state index contributed by atoms with van der Waals surface area (Å²) in [5, 5.41) is 2.96. The van der Waals surface area contributed by atoms with Crippen LogP contribution in [-0.4, -0.2) is 12.5 Å². The lowest BCUT2D eigenvalue weighted by atomic mass is 10.1. The number of carbonyl (C=O) groups is 1. The highest BCUT2D eigenvalue weighted by Crippen LogP contribution is 2.25. The average molecular weight is 231 g/mol. The molecule has 0 bridgehead atoms. The zero-order valence-electron chi connectivity index (χ0n) is 10.8. The van der Waals surface area contributed by atoms with Crippen LogP contribution in [0.1, 0.15) is 33.1 Å². The summed E-state index contributed by atoms with van der Waals surface area (Å²) in [5.41, 5.74) is 3.28. The molecule has 0 radical (unpaired) electrons. The summed E-state index contributed by atoms with van der Waals surface area (Å²) in [5.74, 6) is 0.0828. The molecule has 1 aliphatic carbocycles. The highest BCUT2D eigenvalue weighted by molar-refractivity contribution is 5.94. The first kappa shape index (κ1) is 13.5. The molecule has 0 heterocycles. The van der Waals surface area contributed by atoms with Crippen molar-refractivity contribution in [3.05, 3.63) is 47.6 Å². The van der Waals surface area contributed by atoms with Gasteiger partial charge in [0.25, 0.3) is 0 Å². The lowest BCUT2D eigenvalue weighted by Gasteiger charge is -2.07. The number of carbonyl (C=O) groups excluding carboxylic acids is 1. The summed E-state index contributed by atoms with van der Waals surface area (Å²) in [4.78, 5) is 11.9. The predicted molar refractivity (Wildman–Crippen MR) is 72.7 cm³/mol. The normalized spacial score (nSPS) is 16.7. The maximum atomic E-state index is 11.9. The van der Waals surface area contributed by atoms with Gasteiger partial charge in [-0.1, -0.05) is 36.5 Å². The largest absolute Gasteiger partial charge is 0.348 e. The van der Waals surface area contributed by atoms with Crippen molar-refractivity contribution in [1.82, 2.24) is 5.32 Å². The van der Waals surface area contributed by atoms with Crippen LogP contribution in [0.5, 0.6) is 0 Å². The Bertz CT molecular complexity index is 386. The first-order valence-corrected chi connectivity index (χ1v) is 6.10. The molecule has 1 amide bonds. The minimum Gasteiger partial charge on any atom is -0.348 e. The van der Waals surface area contributed by atoms with Crippen LogP contribution in [0, 0.1) is 0 Å². The van der Waals surface area contributed by atoms with Gasteiger partial charge in [0, 0.05) is 12.1 Å². The Labute approximate surface area is 104 Å². The maximum Gasteiger partial charge on any atom is 0.247 e. The van der Waals surface area contributed by atoms with E-state index in [1.54, 1.807) is 6.08 Å². The van der Waals surface area contributed by atoms with E-state index in [2.05, 4.69) is 11.9 Å². The van der Waals surface area contributed by atoms with Crippen molar-refractivity contribution in [3.63, 3.8) is 0 Å². The molecular formula is C15H21NO. The number of hydrogen-bond acceptors (Lipinski definition) is 1. The molecule has 0 atom stereocenters. The molecule has 1 N–H and O–H groups in total. The molecule has 2 nitrogen and oxygen atoms in total. The van der Waals surface area contributed by atoms with Crippen molar-refractivity contribution in [3.8, 4) is 0 Å². The van der Waals surface area contributed by atoms with Crippen LogP contribution in [0.3, 0.4) is 0 Å². The Balaban J connectivity index is 2.55. The smallest absolute Gasteiger partial charge is 0.247 e. The Morgan fingerprint density at radius 1 is 1.47 bits per heavy atom. The van der Waals surface area contributed by atoms with Crippen LogP contribution in [-0.2, 0) is 4.79 Å². The van der Waals surface area contributed by atoms with Gasteiger partial charge in [-0.2, -0.15) is 0 Å². The molecule has 0 saturated carbocycles. The fourth-order valence-electron chi connectivity index (χ4n) is 2.03. The molecule has 0 spiro atoms. The first-order valence-electron chi connectivity index (χ1n) is 6.10. The molecule has 2 heteroatoms. The van der Waals surface area contributed by atoms with Crippen molar-refractivity contribution < 1.29 is 4.79 Å². The van der Waals surface area contributed by atoms with Crippen LogP contribution in [0.2, 0.25) is 0 Å². The SMILES string of the molecule is C=C/C=C(\C=C/C)CNC(=O)C1=C(C)CCC1. The third-order valence-corrected chi connectivity index (χ3v) is 2.93. The van der Waals surface area contributed by atoms with E-state index in [9.17, 15) is 4.79 Å². The molecule has 0 aromatic rings. The predicted octanol–water partition coefficient (Wildman–Crippen LogP) is 3.29. The minimum atomic E-state index is 0.0828. The molecule has 0 aromatic carbocycles. The molecule has 1 aliphatic rings. The molecule has 0 fully saturated rings. The standard InChI is InChI=1S/C15H21NO/c1-4-7-13(8-5-2)11-16-15(17)14-10-6-9-12(14)3/h4-5,7-8H,1,6,9-11H2,2-3H3,(H,16,17)/b8-5-,13-7+. The Morgan fingerprint density at radius 3 is 2.76 bits per heavy atom. The van der Waals surface area contributed by atoms with Crippen molar-refractivity contribution in [2.75, 3.05) is 6.54 Å². The van der Waals surface area contributed by atoms with E-state index >= 15 is 0 Å². The minimum absolute atomic E-state index is 0.0828. The summed E-state index contributed by atoms with van der Waals surface area (Å²) < 4.78 is 0. The van der Waals surface area contributed by atoms with Gasteiger partial charge < -0.3 is 5.32 Å². The van der Waals surface area contributed by atoms with Crippen molar-refractivity contribution in [2.45, 2.75) is 33.1 Å². The highest BCUT2D eigenvalue weighted by atomic mass is 16.1. The third kappa shape index (κ3) is 4.06. The van der Waals surface area contributed by atoms with Crippen LogP contribution in [0.25, 0.3) is 0 Å². The second-order valence-corrected chi connectivity index (χ2v) is 4.27. The highest BCUT2D eigenvalue weighted by Gasteiger charge is 2.17. The molecule has 0 unspecified atom stereocenters. The third-order valence-electron chi connectivity index (χ3n) is 2.93. The van der Waals surface area contributed by atoms with Gasteiger partial charge in [0.1, 0.15) is 0 Å². The van der Waals surface area contributed by atoms with E-state index in [1.165, 1.54) is 5.57 Å². The van der Waals surface area contributed by atoms with Crippen LogP contribution in [0.4, 0.5) is 0 Å². The second-order valence-electron chi connectivity index (χ2n) is 4.27. The van der Waals surface area contributed by atoms with Gasteiger partial charge in [0.05, 0.1) is 0 Å². The summed E-state index contributed by atoms with van der Waals surface area (Å²) in [7, 11) is 0. The van der Waals surface area contributed by atoms with E-state index in [-0.39, 0.29) is 5.91 Å². The molecule has 92 valence electrons. The molecular weight excluding hydrogens is 210 g/mol. The zero-order valence-corrected chi connectivity index (χ0v) is 10.8. The number of nitrogens with one attached hydrogen (secondary N) is 1. The van der Waals surface area contributed by atoms with Gasteiger partial charge >= 0.3 is 0 Å². The Morgan fingerprint density at radius 2 is 2.24 bits per heavy atom. The molecule has 0 aromatic heterocycles. The topological polar surface area (TPSA) is 29.1 Å². The van der Waals surface area contributed by atoms with E-state index in [1.807, 2.05) is 32.1 Å². The first-order chi connectivity index (χ1) is 8.19. The summed E-state index contributed by atoms with van der Waals surface area (Å²) >= 11 is 0. The molecule has 0 saturated heterocycles. The van der Waals surface area contributed by atoms with Crippen LogP contribution in [0.15, 0.2) is 47.6 Å². The number of allylic oxidation sites excluding steroid dienone is 4. The van der Waals surface area contributed by atoms with E-state index in [0.717, 1.165) is 30.4 Å². The fourth-order valence-corrected chi connectivity index (χ4v) is 2.03. The number of hydrogen-bond donors (Lipinski definition) is 1. The quantitative estimate of drug-likeness (QED) is 0.723. The summed E-state index contributed by atoms with van der Waals surface area (Å²) in [6, 6.07) is 0. The van der Waals surface area contributed by atoms with Gasteiger partial charge in [-0.15, -0.1) is 0 Å². The lowest BCUT2D eigenvalue weighted by molar-refractivity contribution is -0.117. The average Bonchev–Trinajstić information content (AvgIpc) is 2.72. The summed E-state index contributed by atoms with van der Waals surface area (Å²) in [6.45, 7) is 8.24. The van der Waals surface area contributed by atoms with Gasteiger partial charge in [0.2, 0.25) is 5.91 Å². The summed E-state index contributed by atoms with van der Waals surface area (Å²) in [6.07, 6.45) is 10.7. The van der Waals surface area contributed by atoms with Crippen molar-refractivity contribution >= 4 is 5.91 Å². The van der Waals surface area contributed by atoms with E-state index < -0.39 is 0 Å². The van der Waals surface area contributed by atoms with Gasteiger partial charge in [0.15, 0.2) is 0 Å². The van der Waals surface area contributed by atoms with Crippen molar-refractivity contribution in [2.24, 2.45) is 0 Å².